The third-order valence-corrected chi connectivity index (χ3v) is 6.62. The van der Waals surface area contributed by atoms with Gasteiger partial charge in [-0.25, -0.2) is 14.4 Å². The molecule has 1 aromatic carbocycles. The molecule has 0 saturated heterocycles. The van der Waals surface area contributed by atoms with Crippen molar-refractivity contribution in [2.24, 2.45) is 5.92 Å². The van der Waals surface area contributed by atoms with Gasteiger partial charge in [-0.15, -0.1) is 0 Å². The average Bonchev–Trinajstić information content (AvgIpc) is 3.16. The van der Waals surface area contributed by atoms with Crippen molar-refractivity contribution in [3.8, 4) is 0 Å². The zero-order valence-electron chi connectivity index (χ0n) is 16.2. The van der Waals surface area contributed by atoms with Gasteiger partial charge in [0, 0.05) is 23.7 Å². The molecule has 29 heavy (non-hydrogen) atoms. The molecule has 0 bridgehead atoms. The summed E-state index contributed by atoms with van der Waals surface area (Å²) in [6.45, 7) is 2.24. The summed E-state index contributed by atoms with van der Waals surface area (Å²) in [7, 11) is 0. The molecule has 1 saturated carbocycles. The Morgan fingerprint density at radius 2 is 1.93 bits per heavy atom. The predicted octanol–water partition coefficient (Wildman–Crippen LogP) is 6.38. The first-order chi connectivity index (χ1) is 14.1. The van der Waals surface area contributed by atoms with Gasteiger partial charge in [0.05, 0.1) is 16.1 Å². The highest BCUT2D eigenvalue weighted by Gasteiger charge is 2.29. The summed E-state index contributed by atoms with van der Waals surface area (Å²) < 4.78 is 13.8. The Kier molecular flexibility index (Phi) is 4.70. The molecule has 4 nitrogen and oxygen atoms in total. The van der Waals surface area contributed by atoms with Gasteiger partial charge >= 0.3 is 0 Å². The van der Waals surface area contributed by atoms with E-state index in [4.69, 9.17) is 11.6 Å². The fourth-order valence-corrected chi connectivity index (χ4v) is 4.92. The summed E-state index contributed by atoms with van der Waals surface area (Å²) in [5, 5.41) is 1.56. The van der Waals surface area contributed by atoms with Gasteiger partial charge in [-0.1, -0.05) is 18.5 Å². The molecular weight excluding hydrogens is 387 g/mol. The second-order valence-corrected chi connectivity index (χ2v) is 8.55. The van der Waals surface area contributed by atoms with Crippen molar-refractivity contribution < 1.29 is 4.39 Å². The van der Waals surface area contributed by atoms with Crippen LogP contribution in [0.1, 0.15) is 55.8 Å². The summed E-state index contributed by atoms with van der Waals surface area (Å²) in [6.07, 6.45) is 7.90. The van der Waals surface area contributed by atoms with Crippen LogP contribution in [0.2, 0.25) is 5.02 Å². The van der Waals surface area contributed by atoms with Gasteiger partial charge in [-0.05, 0) is 73.4 Å². The van der Waals surface area contributed by atoms with E-state index in [0.29, 0.717) is 22.8 Å². The van der Waals surface area contributed by atoms with Crippen molar-refractivity contribution in [2.45, 2.75) is 44.4 Å². The third kappa shape index (κ3) is 3.48. The van der Waals surface area contributed by atoms with Crippen molar-refractivity contribution >= 4 is 33.7 Å². The van der Waals surface area contributed by atoms with Crippen LogP contribution in [-0.2, 0) is 0 Å². The lowest BCUT2D eigenvalue weighted by Crippen LogP contribution is -2.19. The maximum Gasteiger partial charge on any atom is 0.177 e. The largest absolute Gasteiger partial charge is 0.340 e. The number of nitrogens with one attached hydrogen (secondary N) is 1. The molecule has 1 atom stereocenters. The van der Waals surface area contributed by atoms with Crippen molar-refractivity contribution in [1.29, 1.82) is 0 Å². The van der Waals surface area contributed by atoms with Crippen molar-refractivity contribution in [3.63, 3.8) is 0 Å². The molecule has 1 aliphatic rings. The Balaban J connectivity index is 1.34. The molecule has 0 aliphatic heterocycles. The van der Waals surface area contributed by atoms with Gasteiger partial charge in [-0.3, -0.25) is 4.98 Å². The SMILES string of the molecule is CC(c1nc2ncc(Cl)cc2[nH]1)C1CCC(c2ccnc3ccc(F)cc23)CC1. The van der Waals surface area contributed by atoms with Crippen molar-refractivity contribution in [2.75, 3.05) is 0 Å². The molecule has 3 heterocycles. The topological polar surface area (TPSA) is 54.5 Å². The van der Waals surface area contributed by atoms with Crippen LogP contribution in [0.5, 0.6) is 0 Å². The fraction of sp³-hybridized carbons (Fsp3) is 0.348. The lowest BCUT2D eigenvalue weighted by Gasteiger charge is -2.32. The second-order valence-electron chi connectivity index (χ2n) is 8.11. The summed E-state index contributed by atoms with van der Waals surface area (Å²) in [5.74, 6) is 2.12. The molecule has 5 rings (SSSR count). The molecule has 1 N–H and O–H groups in total. The molecule has 0 amide bonds. The van der Waals surface area contributed by atoms with E-state index < -0.39 is 0 Å². The van der Waals surface area contributed by atoms with E-state index in [1.54, 1.807) is 18.3 Å². The van der Waals surface area contributed by atoms with Crippen LogP contribution in [0.25, 0.3) is 22.1 Å². The van der Waals surface area contributed by atoms with E-state index in [1.807, 2.05) is 12.3 Å². The predicted molar refractivity (Wildman–Crippen MR) is 114 cm³/mol. The van der Waals surface area contributed by atoms with Crippen LogP contribution < -0.4 is 0 Å². The molecule has 6 heteroatoms. The minimum atomic E-state index is -0.201. The Morgan fingerprint density at radius 3 is 2.76 bits per heavy atom. The molecule has 3 aromatic heterocycles. The highest BCUT2D eigenvalue weighted by molar-refractivity contribution is 6.31. The Bertz CT molecular complexity index is 1180. The number of nitrogens with zero attached hydrogens (tertiary/aromatic N) is 3. The van der Waals surface area contributed by atoms with Crippen LogP contribution in [0.3, 0.4) is 0 Å². The zero-order chi connectivity index (χ0) is 20.0. The van der Waals surface area contributed by atoms with Gasteiger partial charge in [0.2, 0.25) is 0 Å². The number of hydrogen-bond acceptors (Lipinski definition) is 3. The number of pyridine rings is 2. The van der Waals surface area contributed by atoms with Gasteiger partial charge in [0.15, 0.2) is 5.65 Å². The van der Waals surface area contributed by atoms with Crippen LogP contribution in [0, 0.1) is 11.7 Å². The van der Waals surface area contributed by atoms with E-state index in [1.165, 1.54) is 11.6 Å². The summed E-state index contributed by atoms with van der Waals surface area (Å²) in [6, 6.07) is 8.80. The van der Waals surface area contributed by atoms with E-state index >= 15 is 0 Å². The van der Waals surface area contributed by atoms with Gasteiger partial charge in [0.1, 0.15) is 11.6 Å². The number of aromatic nitrogens is 4. The zero-order valence-corrected chi connectivity index (χ0v) is 17.0. The average molecular weight is 409 g/mol. The monoisotopic (exact) mass is 408 g/mol. The molecular formula is C23H22ClFN4. The van der Waals surface area contributed by atoms with Gasteiger partial charge in [0.25, 0.3) is 0 Å². The first kappa shape index (κ1) is 18.5. The van der Waals surface area contributed by atoms with Gasteiger partial charge < -0.3 is 4.98 Å². The van der Waals surface area contributed by atoms with Crippen LogP contribution in [0.15, 0.2) is 42.7 Å². The number of rotatable bonds is 3. The molecule has 148 valence electrons. The first-order valence-corrected chi connectivity index (χ1v) is 10.5. The number of halogens is 2. The van der Waals surface area contributed by atoms with E-state index in [0.717, 1.165) is 53.6 Å². The molecule has 0 spiro atoms. The van der Waals surface area contributed by atoms with Crippen molar-refractivity contribution in [3.05, 3.63) is 65.0 Å². The lowest BCUT2D eigenvalue weighted by atomic mass is 9.73. The molecule has 4 aromatic rings. The normalized spacial score (nSPS) is 20.9. The van der Waals surface area contributed by atoms with E-state index in [2.05, 4.69) is 32.9 Å². The van der Waals surface area contributed by atoms with Crippen LogP contribution >= 0.6 is 11.6 Å². The Morgan fingerprint density at radius 1 is 1.10 bits per heavy atom. The number of hydrogen-bond donors (Lipinski definition) is 1. The third-order valence-electron chi connectivity index (χ3n) is 6.41. The number of benzene rings is 1. The number of fused-ring (bicyclic) bond motifs is 2. The number of imidazole rings is 1. The molecule has 1 fully saturated rings. The first-order valence-electron chi connectivity index (χ1n) is 10.1. The van der Waals surface area contributed by atoms with Crippen molar-refractivity contribution in [1.82, 2.24) is 19.9 Å². The maximum atomic E-state index is 13.8. The summed E-state index contributed by atoms with van der Waals surface area (Å²) in [5.41, 5.74) is 3.70. The smallest absolute Gasteiger partial charge is 0.177 e. The molecule has 1 aliphatic carbocycles. The molecule has 0 radical (unpaired) electrons. The minimum absolute atomic E-state index is 0.201. The summed E-state index contributed by atoms with van der Waals surface area (Å²) >= 11 is 6.04. The summed E-state index contributed by atoms with van der Waals surface area (Å²) in [4.78, 5) is 16.8. The fourth-order valence-electron chi connectivity index (χ4n) is 4.76. The number of H-pyrrole nitrogens is 1. The second kappa shape index (κ2) is 7.38. The van der Waals surface area contributed by atoms with Gasteiger partial charge in [-0.2, -0.15) is 0 Å². The minimum Gasteiger partial charge on any atom is -0.340 e. The lowest BCUT2D eigenvalue weighted by molar-refractivity contribution is 0.286. The quantitative estimate of drug-likeness (QED) is 0.428. The Hall–Kier alpha value is -2.53. The number of aromatic amines is 1. The maximum absolute atomic E-state index is 13.8. The van der Waals surface area contributed by atoms with Crippen LogP contribution in [-0.4, -0.2) is 19.9 Å². The highest BCUT2D eigenvalue weighted by atomic mass is 35.5. The Labute approximate surface area is 173 Å². The standard InChI is InChI=1S/C23H22ClFN4/c1-13(22-28-21-10-16(24)12-27-23(21)29-22)14-2-4-15(5-3-14)18-8-9-26-20-7-6-17(25)11-19(18)20/h6-15H,2-5H2,1H3,(H,27,28,29). The van der Waals surface area contributed by atoms with E-state index in [9.17, 15) is 4.39 Å². The highest BCUT2D eigenvalue weighted by Crippen LogP contribution is 2.42. The van der Waals surface area contributed by atoms with Crippen LogP contribution in [0.4, 0.5) is 4.39 Å². The molecule has 1 unspecified atom stereocenters. The van der Waals surface area contributed by atoms with E-state index in [-0.39, 0.29) is 5.82 Å².